The van der Waals surface area contributed by atoms with Crippen LogP contribution in [0, 0.1) is 13.8 Å². The van der Waals surface area contributed by atoms with Gasteiger partial charge >= 0.3 is 6.18 Å². The number of rotatable bonds is 9. The molecule has 13 heteroatoms. The first kappa shape index (κ1) is 28.9. The van der Waals surface area contributed by atoms with Gasteiger partial charge in [0.2, 0.25) is 12.3 Å². The number of nitrogens with zero attached hydrogens (tertiary/aromatic N) is 5. The van der Waals surface area contributed by atoms with Crippen LogP contribution in [0.3, 0.4) is 0 Å². The van der Waals surface area contributed by atoms with Gasteiger partial charge in [-0.25, -0.2) is 4.98 Å². The molecule has 0 saturated carbocycles. The van der Waals surface area contributed by atoms with E-state index in [4.69, 9.17) is 21.1 Å². The summed E-state index contributed by atoms with van der Waals surface area (Å²) in [5, 5.41) is 16.1. The van der Waals surface area contributed by atoms with Crippen molar-refractivity contribution in [2.45, 2.75) is 40.0 Å². The molecule has 0 bridgehead atoms. The van der Waals surface area contributed by atoms with Crippen molar-refractivity contribution in [3.63, 3.8) is 0 Å². The fraction of sp³-hybridized carbons (Fsp3) is 0.360. The monoisotopic (exact) mass is 553 g/mol. The zero-order chi connectivity index (χ0) is 28.2. The third-order valence-corrected chi connectivity index (χ3v) is 6.09. The summed E-state index contributed by atoms with van der Waals surface area (Å²) in [6.45, 7) is 5.73. The summed E-state index contributed by atoms with van der Waals surface area (Å²) >= 11 is 6.40. The van der Waals surface area contributed by atoms with Crippen molar-refractivity contribution in [3.8, 4) is 17.4 Å². The number of ether oxygens (including phenoxy) is 2. The number of aliphatic hydroxyl groups excluding tert-OH is 1. The highest BCUT2D eigenvalue weighted by molar-refractivity contribution is 6.32. The van der Waals surface area contributed by atoms with Crippen LogP contribution in [0.2, 0.25) is 5.02 Å². The molecular weight excluding hydrogens is 527 g/mol. The Hall–Kier alpha value is -3.64. The van der Waals surface area contributed by atoms with Crippen LogP contribution < -0.4 is 14.5 Å². The second kappa shape index (κ2) is 11.8. The molecule has 1 atom stereocenters. The number of aromatic nitrogens is 2. The third kappa shape index (κ3) is 6.25. The lowest BCUT2D eigenvalue weighted by molar-refractivity contribution is -0.189. The molecule has 38 heavy (non-hydrogen) atoms. The highest BCUT2D eigenvalue weighted by Gasteiger charge is 2.38. The van der Waals surface area contributed by atoms with E-state index in [-0.39, 0.29) is 40.2 Å². The highest BCUT2D eigenvalue weighted by atomic mass is 35.5. The van der Waals surface area contributed by atoms with Gasteiger partial charge < -0.3 is 14.6 Å². The number of amidine groups is 1. The molecule has 1 amide bonds. The molecule has 0 fully saturated rings. The Labute approximate surface area is 222 Å². The molecule has 0 aliphatic rings. The van der Waals surface area contributed by atoms with E-state index < -0.39 is 18.9 Å². The fourth-order valence-corrected chi connectivity index (χ4v) is 3.68. The minimum Gasteiger partial charge on any atom is -0.480 e. The Balaban J connectivity index is 2.20. The van der Waals surface area contributed by atoms with Crippen molar-refractivity contribution in [1.82, 2.24) is 14.9 Å². The zero-order valence-electron chi connectivity index (χ0n) is 21.4. The van der Waals surface area contributed by atoms with Crippen molar-refractivity contribution >= 4 is 40.3 Å². The molecule has 0 aliphatic heterocycles. The number of carbonyl (C=O) groups is 1. The Bertz CT molecular complexity index is 1350. The Morgan fingerprint density at radius 3 is 2.61 bits per heavy atom. The van der Waals surface area contributed by atoms with Gasteiger partial charge in [-0.15, -0.1) is 0 Å². The first-order chi connectivity index (χ1) is 17.9. The van der Waals surface area contributed by atoms with Gasteiger partial charge in [0, 0.05) is 37.6 Å². The smallest absolute Gasteiger partial charge is 0.425 e. The van der Waals surface area contributed by atoms with Crippen molar-refractivity contribution in [1.29, 1.82) is 0 Å². The normalized spacial score (nSPS) is 12.8. The van der Waals surface area contributed by atoms with E-state index in [2.05, 4.69) is 15.1 Å². The van der Waals surface area contributed by atoms with Crippen LogP contribution in [0.4, 0.5) is 18.9 Å². The average molecular weight is 554 g/mol. The number of aryl methyl sites for hydroxylation is 2. The molecule has 0 spiro atoms. The Morgan fingerprint density at radius 2 is 2.00 bits per heavy atom. The fourth-order valence-electron chi connectivity index (χ4n) is 3.44. The highest BCUT2D eigenvalue weighted by Crippen LogP contribution is 2.42. The maximum atomic E-state index is 13.5. The molecule has 1 aromatic carbocycles. The van der Waals surface area contributed by atoms with E-state index in [0.717, 1.165) is 6.92 Å². The van der Waals surface area contributed by atoms with E-state index in [1.807, 2.05) is 0 Å². The van der Waals surface area contributed by atoms with Gasteiger partial charge in [-0.2, -0.15) is 18.3 Å². The van der Waals surface area contributed by atoms with Gasteiger partial charge in [0.05, 0.1) is 16.8 Å². The van der Waals surface area contributed by atoms with E-state index in [9.17, 15) is 23.1 Å². The summed E-state index contributed by atoms with van der Waals surface area (Å²) in [6.07, 6.45) is -3.29. The van der Waals surface area contributed by atoms with Gasteiger partial charge in [0.1, 0.15) is 17.4 Å². The first-order valence-corrected chi connectivity index (χ1v) is 11.9. The van der Waals surface area contributed by atoms with Crippen LogP contribution in [0.5, 0.6) is 17.4 Å². The summed E-state index contributed by atoms with van der Waals surface area (Å²) in [5.41, 5.74) is 1.43. The number of hydrazone groups is 1. The number of likely N-dealkylation sites (N-methyl/N-ethyl adjacent to an activating group) is 1. The van der Waals surface area contributed by atoms with E-state index >= 15 is 0 Å². The van der Waals surface area contributed by atoms with Gasteiger partial charge in [-0.05, 0) is 45.2 Å². The number of halogens is 4. The number of benzene rings is 1. The summed E-state index contributed by atoms with van der Waals surface area (Å²) in [7, 11) is 1.52. The standard InChI is InChI=1S/C25H27ClF3N5O4/c1-6-34(13-36)20(12-35)32-33(5)18-9-17-7-8-30-24(38-23-14(2)11-31-15(3)22(23)26)21(17)19(10-18)37-16(4)25(27,28)29/h7-11,13,16,35H,6,12H2,1-5H3/b32-20-. The van der Waals surface area contributed by atoms with Crippen molar-refractivity contribution in [2.24, 2.45) is 5.10 Å². The topological polar surface area (TPSA) is 100 Å². The number of anilines is 1. The van der Waals surface area contributed by atoms with E-state index in [1.165, 1.54) is 29.2 Å². The third-order valence-electron chi connectivity index (χ3n) is 5.65. The second-order valence-corrected chi connectivity index (χ2v) is 8.70. The van der Waals surface area contributed by atoms with Gasteiger partial charge in [0.25, 0.3) is 0 Å². The maximum absolute atomic E-state index is 13.5. The molecule has 3 rings (SSSR count). The maximum Gasteiger partial charge on any atom is 0.425 e. The molecule has 9 nitrogen and oxygen atoms in total. The number of aliphatic hydroxyl groups is 1. The number of hydrogen-bond donors (Lipinski definition) is 1. The summed E-state index contributed by atoms with van der Waals surface area (Å²) in [5.74, 6) is 0.128. The van der Waals surface area contributed by atoms with E-state index in [1.54, 1.807) is 39.1 Å². The summed E-state index contributed by atoms with van der Waals surface area (Å²) in [6, 6.07) is 4.56. The molecule has 204 valence electrons. The molecule has 0 saturated heterocycles. The minimum absolute atomic E-state index is 0.0191. The van der Waals surface area contributed by atoms with E-state index in [0.29, 0.717) is 28.7 Å². The quantitative estimate of drug-likeness (QED) is 0.167. The number of hydrogen-bond acceptors (Lipinski definition) is 8. The lowest BCUT2D eigenvalue weighted by Gasteiger charge is -2.23. The molecule has 3 aromatic rings. The van der Waals surface area contributed by atoms with Gasteiger partial charge in [0.15, 0.2) is 17.7 Å². The molecule has 1 N–H and O–H groups in total. The second-order valence-electron chi connectivity index (χ2n) is 8.32. The van der Waals surface area contributed by atoms with Crippen molar-refractivity contribution in [2.75, 3.05) is 25.2 Å². The molecule has 0 radical (unpaired) electrons. The number of pyridine rings is 2. The molecule has 1 unspecified atom stereocenters. The molecule has 0 aliphatic carbocycles. The Kier molecular flexibility index (Phi) is 9.00. The number of alkyl halides is 3. The molecule has 2 aromatic heterocycles. The summed E-state index contributed by atoms with van der Waals surface area (Å²) < 4.78 is 51.9. The average Bonchev–Trinajstić information content (AvgIpc) is 2.87. The predicted molar refractivity (Wildman–Crippen MR) is 138 cm³/mol. The lowest BCUT2D eigenvalue weighted by Crippen LogP contribution is -2.34. The first-order valence-electron chi connectivity index (χ1n) is 11.5. The van der Waals surface area contributed by atoms with Crippen LogP contribution in [0.1, 0.15) is 25.1 Å². The zero-order valence-corrected chi connectivity index (χ0v) is 22.1. The largest absolute Gasteiger partial charge is 0.480 e. The number of amides is 1. The summed E-state index contributed by atoms with van der Waals surface area (Å²) in [4.78, 5) is 20.9. The van der Waals surface area contributed by atoms with Crippen molar-refractivity contribution < 1.29 is 32.5 Å². The molecule has 2 heterocycles. The SMILES string of the molecule is CCN(C=O)/C(CO)=N\N(C)c1cc(OC(C)C(F)(F)F)c2c(Oc3c(C)cnc(C)c3Cl)nccc2c1. The van der Waals surface area contributed by atoms with Crippen LogP contribution >= 0.6 is 11.6 Å². The number of carbonyl (C=O) groups excluding carboxylic acids is 1. The van der Waals surface area contributed by atoms with Crippen LogP contribution in [-0.2, 0) is 4.79 Å². The predicted octanol–water partition coefficient (Wildman–Crippen LogP) is 5.24. The lowest BCUT2D eigenvalue weighted by atomic mass is 10.1. The van der Waals surface area contributed by atoms with Gasteiger partial charge in [-0.1, -0.05) is 11.6 Å². The minimum atomic E-state index is -4.65. The van der Waals surface area contributed by atoms with Gasteiger partial charge in [-0.3, -0.25) is 19.7 Å². The van der Waals surface area contributed by atoms with Crippen molar-refractivity contribution in [3.05, 3.63) is 46.9 Å². The van der Waals surface area contributed by atoms with Crippen LogP contribution in [0.15, 0.2) is 35.7 Å². The van der Waals surface area contributed by atoms with Crippen LogP contribution in [-0.4, -0.2) is 64.7 Å². The number of fused-ring (bicyclic) bond motifs is 1. The Morgan fingerprint density at radius 1 is 1.29 bits per heavy atom. The van der Waals surface area contributed by atoms with Crippen LogP contribution in [0.25, 0.3) is 10.8 Å². The molecular formula is C25H27ClF3N5O4.